The molecule has 0 unspecified atom stereocenters. The van der Waals surface area contributed by atoms with Crippen molar-refractivity contribution in [3.8, 4) is 0 Å². The van der Waals surface area contributed by atoms with Crippen molar-refractivity contribution in [2.45, 2.75) is 11.7 Å². The number of carbonyl (C=O) groups excluding carboxylic acids is 1. The third kappa shape index (κ3) is 2.06. The smallest absolute Gasteiger partial charge is 0.286 e. The Morgan fingerprint density at radius 3 is 2.62 bits per heavy atom. The number of nitrogens with two attached hydrogens (primary N) is 1. The normalized spacial score (nSPS) is 10.3. The Kier molecular flexibility index (Phi) is 2.91. The number of benzene rings is 1. The van der Waals surface area contributed by atoms with Gasteiger partial charge in [0.1, 0.15) is 0 Å². The van der Waals surface area contributed by atoms with Crippen molar-refractivity contribution in [1.29, 1.82) is 0 Å². The van der Waals surface area contributed by atoms with Gasteiger partial charge in [-0.3, -0.25) is 9.36 Å². The largest absolute Gasteiger partial charge is 0.363 e. The van der Waals surface area contributed by atoms with Crippen molar-refractivity contribution in [1.82, 2.24) is 14.8 Å². The first kappa shape index (κ1) is 10.7. The lowest BCUT2D eigenvalue weighted by Crippen LogP contribution is -2.18. The van der Waals surface area contributed by atoms with Gasteiger partial charge in [-0.1, -0.05) is 30.3 Å². The highest BCUT2D eigenvalue weighted by Gasteiger charge is 2.14. The molecule has 0 aliphatic heterocycles. The maximum Gasteiger partial charge on any atom is 0.286 e. The molecular weight excluding hydrogens is 224 g/mol. The van der Waals surface area contributed by atoms with E-state index in [1.807, 2.05) is 30.3 Å². The summed E-state index contributed by atoms with van der Waals surface area (Å²) in [7, 11) is 0. The van der Waals surface area contributed by atoms with Crippen LogP contribution in [0, 0.1) is 0 Å². The van der Waals surface area contributed by atoms with Crippen LogP contribution in [0.3, 0.4) is 0 Å². The lowest BCUT2D eigenvalue weighted by atomic mass is 10.2. The van der Waals surface area contributed by atoms with Crippen LogP contribution in [0.4, 0.5) is 0 Å². The first-order chi connectivity index (χ1) is 7.68. The molecule has 1 aromatic heterocycles. The number of primary amides is 1. The van der Waals surface area contributed by atoms with E-state index in [1.165, 1.54) is 0 Å². The number of thiol groups is 1. The number of hydrogen-bond donors (Lipinski definition) is 2. The zero-order chi connectivity index (χ0) is 11.5. The molecule has 1 amide bonds. The lowest BCUT2D eigenvalue weighted by molar-refractivity contribution is 0.0986. The van der Waals surface area contributed by atoms with Gasteiger partial charge in [-0.2, -0.15) is 0 Å². The quantitative estimate of drug-likeness (QED) is 0.768. The monoisotopic (exact) mass is 234 g/mol. The molecule has 0 aliphatic rings. The van der Waals surface area contributed by atoms with Gasteiger partial charge in [0.05, 0.1) is 6.54 Å². The maximum absolute atomic E-state index is 11.1. The molecule has 0 fully saturated rings. The van der Waals surface area contributed by atoms with Crippen LogP contribution in [0.5, 0.6) is 0 Å². The molecule has 0 saturated carbocycles. The van der Waals surface area contributed by atoms with E-state index in [4.69, 9.17) is 5.73 Å². The molecule has 6 heteroatoms. The summed E-state index contributed by atoms with van der Waals surface area (Å²) in [5, 5.41) is 7.76. The molecule has 0 saturated heterocycles. The minimum Gasteiger partial charge on any atom is -0.363 e. The second-order valence-electron chi connectivity index (χ2n) is 3.26. The van der Waals surface area contributed by atoms with E-state index in [2.05, 4.69) is 22.8 Å². The van der Waals surface area contributed by atoms with E-state index in [0.717, 1.165) is 5.56 Å². The number of hydrogen-bond acceptors (Lipinski definition) is 4. The van der Waals surface area contributed by atoms with Crippen molar-refractivity contribution in [3.05, 3.63) is 41.7 Å². The Morgan fingerprint density at radius 2 is 2.00 bits per heavy atom. The Bertz CT molecular complexity index is 509. The molecule has 0 bridgehead atoms. The zero-order valence-corrected chi connectivity index (χ0v) is 9.26. The predicted molar refractivity (Wildman–Crippen MR) is 61.3 cm³/mol. The van der Waals surface area contributed by atoms with Crippen LogP contribution >= 0.6 is 12.6 Å². The van der Waals surface area contributed by atoms with Gasteiger partial charge in [-0.05, 0) is 5.56 Å². The van der Waals surface area contributed by atoms with Crippen LogP contribution in [0.1, 0.15) is 16.2 Å². The average Bonchev–Trinajstić information content (AvgIpc) is 2.62. The first-order valence-electron chi connectivity index (χ1n) is 4.64. The average molecular weight is 234 g/mol. The summed E-state index contributed by atoms with van der Waals surface area (Å²) in [6.45, 7) is 0.477. The molecule has 0 aliphatic carbocycles. The van der Waals surface area contributed by atoms with Crippen molar-refractivity contribution >= 4 is 18.5 Å². The summed E-state index contributed by atoms with van der Waals surface area (Å²) in [4.78, 5) is 11.1. The van der Waals surface area contributed by atoms with Crippen LogP contribution in [0.15, 0.2) is 35.5 Å². The van der Waals surface area contributed by atoms with Gasteiger partial charge >= 0.3 is 0 Å². The molecule has 2 rings (SSSR count). The highest BCUT2D eigenvalue weighted by molar-refractivity contribution is 7.80. The molecule has 2 N–H and O–H groups in total. The third-order valence-corrected chi connectivity index (χ3v) is 2.47. The van der Waals surface area contributed by atoms with E-state index in [0.29, 0.717) is 11.7 Å². The minimum atomic E-state index is -0.608. The molecule has 0 spiro atoms. The predicted octanol–water partition coefficient (Wildman–Crippen LogP) is 0.714. The molecule has 82 valence electrons. The molecule has 0 radical (unpaired) electrons. The van der Waals surface area contributed by atoms with Gasteiger partial charge in [0.2, 0.25) is 5.82 Å². The van der Waals surface area contributed by atoms with Crippen LogP contribution in [-0.2, 0) is 6.54 Å². The Balaban J connectivity index is 2.34. The molecule has 5 nitrogen and oxygen atoms in total. The van der Waals surface area contributed by atoms with Crippen molar-refractivity contribution < 1.29 is 4.79 Å². The van der Waals surface area contributed by atoms with Gasteiger partial charge in [0.25, 0.3) is 5.91 Å². The summed E-state index contributed by atoms with van der Waals surface area (Å²) in [6, 6.07) is 9.64. The van der Waals surface area contributed by atoms with Crippen LogP contribution in [-0.4, -0.2) is 20.7 Å². The molecule has 1 heterocycles. The standard InChI is InChI=1S/C10H10N4OS/c11-8(15)9-12-13-10(16)14(9)6-7-4-2-1-3-5-7/h1-5H,6H2,(H2,11,15)(H,13,16). The van der Waals surface area contributed by atoms with Crippen LogP contribution < -0.4 is 5.73 Å². The number of amides is 1. The van der Waals surface area contributed by atoms with Crippen molar-refractivity contribution in [3.63, 3.8) is 0 Å². The fourth-order valence-corrected chi connectivity index (χ4v) is 1.60. The van der Waals surface area contributed by atoms with Crippen LogP contribution in [0.25, 0.3) is 0 Å². The van der Waals surface area contributed by atoms with E-state index in [-0.39, 0.29) is 5.82 Å². The topological polar surface area (TPSA) is 73.8 Å². The lowest BCUT2D eigenvalue weighted by Gasteiger charge is -2.05. The number of carbonyl (C=O) groups is 1. The van der Waals surface area contributed by atoms with Crippen LogP contribution in [0.2, 0.25) is 0 Å². The molecule has 0 atom stereocenters. The van der Waals surface area contributed by atoms with Gasteiger partial charge in [-0.25, -0.2) is 0 Å². The molecule has 16 heavy (non-hydrogen) atoms. The SMILES string of the molecule is NC(=O)c1nnc(S)n1Cc1ccccc1. The molecule has 1 aromatic carbocycles. The minimum absolute atomic E-state index is 0.119. The summed E-state index contributed by atoms with van der Waals surface area (Å²) >= 11 is 4.13. The summed E-state index contributed by atoms with van der Waals surface area (Å²) < 4.78 is 1.57. The highest BCUT2D eigenvalue weighted by Crippen LogP contribution is 2.10. The summed E-state index contributed by atoms with van der Waals surface area (Å²) in [5.74, 6) is -0.488. The van der Waals surface area contributed by atoms with Crippen molar-refractivity contribution in [2.24, 2.45) is 5.73 Å². The zero-order valence-electron chi connectivity index (χ0n) is 8.37. The van der Waals surface area contributed by atoms with E-state index in [1.54, 1.807) is 4.57 Å². The molecular formula is C10H10N4OS. The van der Waals surface area contributed by atoms with E-state index >= 15 is 0 Å². The summed E-state index contributed by atoms with van der Waals surface area (Å²) in [5.41, 5.74) is 6.21. The maximum atomic E-state index is 11.1. The number of nitrogens with zero attached hydrogens (tertiary/aromatic N) is 3. The second-order valence-corrected chi connectivity index (χ2v) is 3.66. The Labute approximate surface area is 97.7 Å². The summed E-state index contributed by atoms with van der Waals surface area (Å²) in [6.07, 6.45) is 0. The van der Waals surface area contributed by atoms with Gasteiger partial charge in [0, 0.05) is 0 Å². The fourth-order valence-electron chi connectivity index (χ4n) is 1.39. The highest BCUT2D eigenvalue weighted by atomic mass is 32.1. The Morgan fingerprint density at radius 1 is 1.31 bits per heavy atom. The third-order valence-electron chi connectivity index (χ3n) is 2.14. The molecule has 2 aromatic rings. The number of rotatable bonds is 3. The first-order valence-corrected chi connectivity index (χ1v) is 5.09. The van der Waals surface area contributed by atoms with Crippen molar-refractivity contribution in [2.75, 3.05) is 0 Å². The second kappa shape index (κ2) is 4.36. The number of aromatic nitrogens is 3. The van der Waals surface area contributed by atoms with Gasteiger partial charge in [-0.15, -0.1) is 22.8 Å². The van der Waals surface area contributed by atoms with E-state index < -0.39 is 5.91 Å². The Hall–Kier alpha value is -1.82. The van der Waals surface area contributed by atoms with Gasteiger partial charge in [0.15, 0.2) is 5.16 Å². The fraction of sp³-hybridized carbons (Fsp3) is 0.100. The van der Waals surface area contributed by atoms with Gasteiger partial charge < -0.3 is 5.73 Å². The van der Waals surface area contributed by atoms with E-state index in [9.17, 15) is 4.79 Å².